The number of hydrogen-bond acceptors (Lipinski definition) is 8. The van der Waals surface area contributed by atoms with Gasteiger partial charge in [0.15, 0.2) is 0 Å². The maximum absolute atomic E-state index is 12.5. The van der Waals surface area contributed by atoms with E-state index < -0.39 is 12.5 Å². The predicted molar refractivity (Wildman–Crippen MR) is 119 cm³/mol. The number of fused-ring (bicyclic) bond motifs is 1. The normalized spacial score (nSPS) is 12.0. The molecule has 168 valence electrons. The number of hydrogen-bond donors (Lipinski definition) is 3. The SMILES string of the molecule is N#Cc1cc(Cl)c(-n2ncc3cnc(Nc4cc(NC[C@@H](O)C(F)F)ncn4)cc32)c(Cl)c1. The Morgan fingerprint density at radius 1 is 1.03 bits per heavy atom. The van der Waals surface area contributed by atoms with Gasteiger partial charge in [-0.15, -0.1) is 0 Å². The molecule has 13 heteroatoms. The van der Waals surface area contributed by atoms with Crippen LogP contribution in [0.2, 0.25) is 10.0 Å². The largest absolute Gasteiger partial charge is 0.385 e. The van der Waals surface area contributed by atoms with Crippen LogP contribution in [0.4, 0.5) is 26.2 Å². The maximum Gasteiger partial charge on any atom is 0.265 e. The van der Waals surface area contributed by atoms with Crippen molar-refractivity contribution in [2.24, 2.45) is 0 Å². The second kappa shape index (κ2) is 9.50. The van der Waals surface area contributed by atoms with Gasteiger partial charge in [0.25, 0.3) is 6.43 Å². The summed E-state index contributed by atoms with van der Waals surface area (Å²) in [5, 5.41) is 29.5. The Kier molecular flexibility index (Phi) is 6.50. The number of nitrogens with zero attached hydrogens (tertiary/aromatic N) is 6. The minimum Gasteiger partial charge on any atom is -0.385 e. The maximum atomic E-state index is 12.5. The van der Waals surface area contributed by atoms with Crippen molar-refractivity contribution in [2.45, 2.75) is 12.5 Å². The number of aliphatic hydroxyl groups excluding tert-OH is 1. The van der Waals surface area contributed by atoms with E-state index in [4.69, 9.17) is 28.5 Å². The van der Waals surface area contributed by atoms with E-state index in [-0.39, 0.29) is 22.4 Å². The lowest BCUT2D eigenvalue weighted by Crippen LogP contribution is -2.27. The highest BCUT2D eigenvalue weighted by Gasteiger charge is 2.17. The lowest BCUT2D eigenvalue weighted by atomic mass is 10.2. The standard InChI is InChI=1S/C20H14Cl2F2N8O/c21-12-1-10(5-25)2-13(22)19(12)32-14-3-17(26-6-11(14)7-30-32)31-18-4-16(28-9-29-18)27-8-15(33)20(23)24/h1-4,6-7,9,15,20,33H,8H2,(H2,26,27,28,29,31)/t15-/m1/s1. The summed E-state index contributed by atoms with van der Waals surface area (Å²) in [6.45, 7) is -0.371. The van der Waals surface area contributed by atoms with E-state index >= 15 is 0 Å². The van der Waals surface area contributed by atoms with Gasteiger partial charge < -0.3 is 15.7 Å². The van der Waals surface area contributed by atoms with Crippen LogP contribution >= 0.6 is 23.2 Å². The summed E-state index contributed by atoms with van der Waals surface area (Å²) in [5.41, 5.74) is 1.37. The Morgan fingerprint density at radius 2 is 1.73 bits per heavy atom. The molecule has 0 aliphatic heterocycles. The summed E-state index contributed by atoms with van der Waals surface area (Å²) >= 11 is 12.7. The molecule has 0 fully saturated rings. The smallest absolute Gasteiger partial charge is 0.265 e. The van der Waals surface area contributed by atoms with Crippen LogP contribution in [0.1, 0.15) is 5.56 Å². The van der Waals surface area contributed by atoms with Crippen LogP contribution < -0.4 is 10.6 Å². The van der Waals surface area contributed by atoms with Crippen molar-refractivity contribution in [1.82, 2.24) is 24.7 Å². The van der Waals surface area contributed by atoms with Gasteiger partial charge in [-0.2, -0.15) is 10.4 Å². The van der Waals surface area contributed by atoms with Gasteiger partial charge >= 0.3 is 0 Å². The van der Waals surface area contributed by atoms with E-state index in [1.54, 1.807) is 18.5 Å². The van der Waals surface area contributed by atoms with Crippen molar-refractivity contribution in [3.8, 4) is 11.8 Å². The van der Waals surface area contributed by atoms with Gasteiger partial charge in [0, 0.05) is 30.3 Å². The molecule has 1 aromatic carbocycles. The molecule has 0 amide bonds. The molecule has 4 rings (SSSR count). The first-order valence-electron chi connectivity index (χ1n) is 9.38. The second-order valence-corrected chi connectivity index (χ2v) is 7.60. The Hall–Kier alpha value is -3.59. The van der Waals surface area contributed by atoms with Crippen LogP contribution in [0.5, 0.6) is 0 Å². The summed E-state index contributed by atoms with van der Waals surface area (Å²) in [6.07, 6.45) is -0.264. The average molecular weight is 491 g/mol. The highest BCUT2D eigenvalue weighted by Crippen LogP contribution is 2.32. The zero-order valence-corrected chi connectivity index (χ0v) is 18.1. The molecular formula is C20H14Cl2F2N8O. The molecule has 0 unspecified atom stereocenters. The number of pyridine rings is 1. The number of nitrogens with one attached hydrogen (secondary N) is 2. The van der Waals surface area contributed by atoms with Crippen LogP contribution in [-0.4, -0.2) is 48.9 Å². The number of aliphatic hydroxyl groups is 1. The molecule has 33 heavy (non-hydrogen) atoms. The van der Waals surface area contributed by atoms with Gasteiger partial charge in [-0.05, 0) is 12.1 Å². The second-order valence-electron chi connectivity index (χ2n) is 6.78. The molecular weight excluding hydrogens is 477 g/mol. The summed E-state index contributed by atoms with van der Waals surface area (Å²) in [6, 6.07) is 8.17. The van der Waals surface area contributed by atoms with Crippen molar-refractivity contribution in [3.63, 3.8) is 0 Å². The Labute approximate surface area is 195 Å². The molecule has 0 aliphatic carbocycles. The van der Waals surface area contributed by atoms with Gasteiger partial charge in [-0.3, -0.25) is 0 Å². The van der Waals surface area contributed by atoms with Gasteiger partial charge in [0.2, 0.25) is 0 Å². The Balaban J connectivity index is 1.62. The van der Waals surface area contributed by atoms with Crippen LogP contribution in [0, 0.1) is 11.3 Å². The summed E-state index contributed by atoms with van der Waals surface area (Å²) in [4.78, 5) is 12.3. The Bertz CT molecular complexity index is 1330. The monoisotopic (exact) mass is 490 g/mol. The molecule has 4 aromatic rings. The van der Waals surface area contributed by atoms with Gasteiger partial charge in [0.05, 0.1) is 33.4 Å². The van der Waals surface area contributed by atoms with Crippen molar-refractivity contribution >= 4 is 51.6 Å². The van der Waals surface area contributed by atoms with E-state index in [0.29, 0.717) is 33.8 Å². The van der Waals surface area contributed by atoms with Crippen molar-refractivity contribution in [2.75, 3.05) is 17.2 Å². The molecule has 0 saturated heterocycles. The molecule has 9 nitrogen and oxygen atoms in total. The van der Waals surface area contributed by atoms with E-state index in [0.717, 1.165) is 0 Å². The van der Waals surface area contributed by atoms with E-state index in [9.17, 15) is 13.9 Å². The minimum absolute atomic E-state index is 0.245. The molecule has 0 bridgehead atoms. The number of alkyl halides is 2. The fraction of sp³-hybridized carbons (Fsp3) is 0.150. The fourth-order valence-corrected chi connectivity index (χ4v) is 3.60. The highest BCUT2D eigenvalue weighted by atomic mass is 35.5. The number of nitriles is 1. The van der Waals surface area contributed by atoms with E-state index in [2.05, 4.69) is 30.7 Å². The molecule has 1 atom stereocenters. The topological polar surface area (TPSA) is 125 Å². The van der Waals surface area contributed by atoms with Crippen LogP contribution in [0.25, 0.3) is 16.6 Å². The predicted octanol–water partition coefficient (Wildman–Crippen LogP) is 4.17. The van der Waals surface area contributed by atoms with Gasteiger partial charge in [-0.25, -0.2) is 28.4 Å². The third kappa shape index (κ3) is 4.93. The molecule has 3 N–H and O–H groups in total. The summed E-state index contributed by atoms with van der Waals surface area (Å²) in [7, 11) is 0. The average Bonchev–Trinajstić information content (AvgIpc) is 3.20. The van der Waals surface area contributed by atoms with Crippen molar-refractivity contribution < 1.29 is 13.9 Å². The molecule has 0 saturated carbocycles. The molecule has 0 aliphatic rings. The van der Waals surface area contributed by atoms with E-state index in [1.807, 2.05) is 6.07 Å². The zero-order chi connectivity index (χ0) is 23.5. The summed E-state index contributed by atoms with van der Waals surface area (Å²) < 4.78 is 26.5. The quantitative estimate of drug-likeness (QED) is 0.352. The zero-order valence-electron chi connectivity index (χ0n) is 16.5. The first-order valence-corrected chi connectivity index (χ1v) is 10.1. The third-order valence-corrected chi connectivity index (χ3v) is 5.09. The highest BCUT2D eigenvalue weighted by molar-refractivity contribution is 6.38. The first-order chi connectivity index (χ1) is 15.9. The Morgan fingerprint density at radius 3 is 2.42 bits per heavy atom. The number of benzene rings is 1. The van der Waals surface area contributed by atoms with Crippen LogP contribution in [-0.2, 0) is 0 Å². The lowest BCUT2D eigenvalue weighted by Gasteiger charge is -2.12. The molecule has 0 radical (unpaired) electrons. The molecule has 3 aromatic heterocycles. The van der Waals surface area contributed by atoms with Gasteiger partial charge in [-0.1, -0.05) is 23.2 Å². The number of halogens is 4. The van der Waals surface area contributed by atoms with Crippen molar-refractivity contribution in [1.29, 1.82) is 5.26 Å². The van der Waals surface area contributed by atoms with Crippen LogP contribution in [0.3, 0.4) is 0 Å². The lowest BCUT2D eigenvalue weighted by molar-refractivity contribution is 0.00381. The summed E-state index contributed by atoms with van der Waals surface area (Å²) in [5.74, 6) is 0.989. The van der Waals surface area contributed by atoms with Crippen molar-refractivity contribution in [3.05, 3.63) is 58.6 Å². The van der Waals surface area contributed by atoms with Crippen LogP contribution in [0.15, 0.2) is 43.0 Å². The number of aromatic nitrogens is 5. The number of rotatable bonds is 7. The molecule has 3 heterocycles. The third-order valence-electron chi connectivity index (χ3n) is 4.52. The van der Waals surface area contributed by atoms with E-state index in [1.165, 1.54) is 29.2 Å². The molecule has 0 spiro atoms. The number of anilines is 3. The minimum atomic E-state index is -2.86. The fourth-order valence-electron chi connectivity index (χ4n) is 2.95. The first kappa shape index (κ1) is 22.6. The van der Waals surface area contributed by atoms with Gasteiger partial charge in [0.1, 0.15) is 35.6 Å².